The number of likely N-dealkylation sites (tertiary alicyclic amines) is 1. The summed E-state index contributed by atoms with van der Waals surface area (Å²) >= 11 is 0. The summed E-state index contributed by atoms with van der Waals surface area (Å²) in [7, 11) is -2.93. The lowest BCUT2D eigenvalue weighted by Gasteiger charge is -2.38. The van der Waals surface area contributed by atoms with E-state index in [1.165, 1.54) is 32.4 Å². The Labute approximate surface area is 192 Å². The molecule has 4 rings (SSSR count). The first-order valence-electron chi connectivity index (χ1n) is 12.2. The number of carbonyl (C=O) groups excluding carboxylic acids is 1. The van der Waals surface area contributed by atoms with Crippen molar-refractivity contribution in [2.45, 2.75) is 38.5 Å². The molecule has 0 saturated carbocycles. The van der Waals surface area contributed by atoms with Crippen molar-refractivity contribution in [1.82, 2.24) is 9.80 Å². The highest BCUT2D eigenvalue weighted by atomic mass is 32.2. The largest absolute Gasteiger partial charge is 0.494 e. The molecule has 0 aliphatic carbocycles. The number of piperidine rings is 1. The van der Waals surface area contributed by atoms with Crippen molar-refractivity contribution in [3.05, 3.63) is 24.3 Å². The van der Waals surface area contributed by atoms with E-state index in [-0.39, 0.29) is 23.3 Å². The van der Waals surface area contributed by atoms with E-state index in [1.807, 2.05) is 17.0 Å². The third-order valence-corrected chi connectivity index (χ3v) is 8.75. The number of hydrogen-bond acceptors (Lipinski definition) is 6. The van der Waals surface area contributed by atoms with Gasteiger partial charge in [0.15, 0.2) is 0 Å². The number of rotatable bonds is 7. The number of sulfone groups is 1. The average Bonchev–Trinajstić information content (AvgIpc) is 2.83. The van der Waals surface area contributed by atoms with Gasteiger partial charge in [0, 0.05) is 44.3 Å². The van der Waals surface area contributed by atoms with E-state index in [1.54, 1.807) is 0 Å². The molecule has 0 aromatic heterocycles. The maximum absolute atomic E-state index is 12.8. The van der Waals surface area contributed by atoms with Gasteiger partial charge in [0.25, 0.3) is 0 Å². The summed E-state index contributed by atoms with van der Waals surface area (Å²) in [5.41, 5.74) is 1.15. The summed E-state index contributed by atoms with van der Waals surface area (Å²) in [5, 5.41) is 0. The molecule has 3 saturated heterocycles. The molecule has 3 aliphatic rings. The van der Waals surface area contributed by atoms with E-state index < -0.39 is 9.84 Å². The van der Waals surface area contributed by atoms with Gasteiger partial charge in [0.05, 0.1) is 18.1 Å². The summed E-state index contributed by atoms with van der Waals surface area (Å²) in [4.78, 5) is 19.5. The number of anilines is 1. The maximum Gasteiger partial charge on any atom is 0.225 e. The fraction of sp³-hybridized carbons (Fsp3) is 0.708. The van der Waals surface area contributed by atoms with Gasteiger partial charge in [0.2, 0.25) is 5.91 Å². The molecule has 0 radical (unpaired) electrons. The number of ether oxygens (including phenoxy) is 1. The van der Waals surface area contributed by atoms with Gasteiger partial charge in [-0.25, -0.2) is 8.42 Å². The lowest BCUT2D eigenvalue weighted by molar-refractivity contribution is -0.136. The molecule has 1 aromatic rings. The molecule has 1 aromatic carbocycles. The van der Waals surface area contributed by atoms with Crippen LogP contribution in [0.4, 0.5) is 5.69 Å². The maximum atomic E-state index is 12.8. The molecule has 0 atom stereocenters. The van der Waals surface area contributed by atoms with Gasteiger partial charge >= 0.3 is 0 Å². The van der Waals surface area contributed by atoms with Gasteiger partial charge < -0.3 is 19.4 Å². The zero-order chi connectivity index (χ0) is 22.4. The number of hydrogen-bond donors (Lipinski definition) is 0. The second-order valence-corrected chi connectivity index (χ2v) is 11.6. The Morgan fingerprint density at radius 3 is 2.22 bits per heavy atom. The number of carbonyl (C=O) groups is 1. The van der Waals surface area contributed by atoms with Crippen LogP contribution in [0.3, 0.4) is 0 Å². The minimum atomic E-state index is -2.93. The van der Waals surface area contributed by atoms with Gasteiger partial charge in [-0.3, -0.25) is 4.79 Å². The molecule has 178 valence electrons. The zero-order valence-corrected chi connectivity index (χ0v) is 19.9. The van der Waals surface area contributed by atoms with E-state index in [2.05, 4.69) is 21.9 Å². The van der Waals surface area contributed by atoms with E-state index in [0.29, 0.717) is 25.9 Å². The van der Waals surface area contributed by atoms with Crippen LogP contribution in [-0.2, 0) is 14.6 Å². The van der Waals surface area contributed by atoms with Crippen LogP contribution in [0.15, 0.2) is 24.3 Å². The predicted octanol–water partition coefficient (Wildman–Crippen LogP) is 2.41. The fourth-order valence-corrected chi connectivity index (χ4v) is 6.49. The molecule has 3 fully saturated rings. The molecule has 1 amide bonds. The Morgan fingerprint density at radius 1 is 0.906 bits per heavy atom. The molecule has 0 N–H and O–H groups in total. The molecule has 8 heteroatoms. The lowest BCUT2D eigenvalue weighted by atomic mass is 10.0. The Balaban J connectivity index is 1.17. The molecule has 0 spiro atoms. The molecule has 3 aliphatic heterocycles. The van der Waals surface area contributed by atoms with Crippen LogP contribution in [0.5, 0.6) is 5.75 Å². The second-order valence-electron chi connectivity index (χ2n) is 9.34. The standard InChI is InChI=1S/C24H37N3O4S/c28-24(21-9-19-32(29,30)20-10-21)27-16-14-26(15-17-27)22-5-7-23(8-6-22)31-18-4-13-25-11-2-1-3-12-25/h5-8,21H,1-4,9-20H2. The van der Waals surface area contributed by atoms with Gasteiger partial charge in [-0.1, -0.05) is 6.42 Å². The predicted molar refractivity (Wildman–Crippen MR) is 127 cm³/mol. The highest BCUT2D eigenvalue weighted by Gasteiger charge is 2.32. The van der Waals surface area contributed by atoms with Crippen LogP contribution in [0.1, 0.15) is 38.5 Å². The van der Waals surface area contributed by atoms with E-state index in [0.717, 1.165) is 44.1 Å². The van der Waals surface area contributed by atoms with Crippen LogP contribution < -0.4 is 9.64 Å². The van der Waals surface area contributed by atoms with Crippen molar-refractivity contribution in [3.8, 4) is 5.75 Å². The minimum Gasteiger partial charge on any atom is -0.494 e. The minimum absolute atomic E-state index is 0.128. The Bertz CT molecular complexity index is 831. The van der Waals surface area contributed by atoms with Crippen LogP contribution in [0.25, 0.3) is 0 Å². The van der Waals surface area contributed by atoms with Crippen LogP contribution in [0.2, 0.25) is 0 Å². The van der Waals surface area contributed by atoms with Crippen LogP contribution in [0, 0.1) is 5.92 Å². The highest BCUT2D eigenvalue weighted by molar-refractivity contribution is 7.91. The van der Waals surface area contributed by atoms with Crippen molar-refractivity contribution >= 4 is 21.4 Å². The van der Waals surface area contributed by atoms with Gasteiger partial charge in [-0.05, 0) is 69.5 Å². The van der Waals surface area contributed by atoms with Crippen molar-refractivity contribution in [2.75, 3.05) is 68.8 Å². The van der Waals surface area contributed by atoms with E-state index >= 15 is 0 Å². The third kappa shape index (κ3) is 6.38. The topological polar surface area (TPSA) is 70.2 Å². The molecule has 0 bridgehead atoms. The van der Waals surface area contributed by atoms with Crippen molar-refractivity contribution in [1.29, 1.82) is 0 Å². The monoisotopic (exact) mass is 463 g/mol. The van der Waals surface area contributed by atoms with Crippen molar-refractivity contribution in [3.63, 3.8) is 0 Å². The van der Waals surface area contributed by atoms with Crippen molar-refractivity contribution in [2.24, 2.45) is 5.92 Å². The number of amides is 1. The number of benzene rings is 1. The van der Waals surface area contributed by atoms with Gasteiger partial charge in [0.1, 0.15) is 15.6 Å². The normalized spacial score (nSPS) is 22.6. The molecule has 3 heterocycles. The molecular weight excluding hydrogens is 426 g/mol. The smallest absolute Gasteiger partial charge is 0.225 e. The van der Waals surface area contributed by atoms with Crippen LogP contribution >= 0.6 is 0 Å². The Morgan fingerprint density at radius 2 is 1.56 bits per heavy atom. The third-order valence-electron chi connectivity index (χ3n) is 7.03. The molecule has 32 heavy (non-hydrogen) atoms. The second kappa shape index (κ2) is 10.9. The van der Waals surface area contributed by atoms with E-state index in [9.17, 15) is 13.2 Å². The summed E-state index contributed by atoms with van der Waals surface area (Å²) in [6.07, 6.45) is 6.04. The SMILES string of the molecule is O=C(C1CCS(=O)(=O)CC1)N1CCN(c2ccc(OCCCN3CCCCC3)cc2)CC1. The first-order valence-corrected chi connectivity index (χ1v) is 14.0. The van der Waals surface area contributed by atoms with Crippen molar-refractivity contribution < 1.29 is 17.9 Å². The zero-order valence-electron chi connectivity index (χ0n) is 19.1. The summed E-state index contributed by atoms with van der Waals surface area (Å²) < 4.78 is 29.2. The van der Waals surface area contributed by atoms with Gasteiger partial charge in [-0.15, -0.1) is 0 Å². The molecule has 0 unspecified atom stereocenters. The number of piperazine rings is 1. The first-order chi connectivity index (χ1) is 15.5. The first kappa shape index (κ1) is 23.4. The number of nitrogens with zero attached hydrogens (tertiary/aromatic N) is 3. The fourth-order valence-electron chi connectivity index (χ4n) is 4.99. The Hall–Kier alpha value is -1.80. The summed E-state index contributed by atoms with van der Waals surface area (Å²) in [6, 6.07) is 8.28. The Kier molecular flexibility index (Phi) is 7.94. The summed E-state index contributed by atoms with van der Waals surface area (Å²) in [6.45, 7) is 7.32. The van der Waals surface area contributed by atoms with E-state index in [4.69, 9.17) is 4.74 Å². The quantitative estimate of drug-likeness (QED) is 0.579. The summed E-state index contributed by atoms with van der Waals surface area (Å²) in [5.74, 6) is 1.21. The van der Waals surface area contributed by atoms with Crippen LogP contribution in [-0.4, -0.2) is 88.1 Å². The van der Waals surface area contributed by atoms with Gasteiger partial charge in [-0.2, -0.15) is 0 Å². The highest BCUT2D eigenvalue weighted by Crippen LogP contribution is 2.24. The lowest BCUT2D eigenvalue weighted by Crippen LogP contribution is -2.51. The molecule has 7 nitrogen and oxygen atoms in total. The molecular formula is C24H37N3O4S. The average molecular weight is 464 g/mol.